The van der Waals surface area contributed by atoms with E-state index in [1.165, 1.54) is 12.5 Å². The maximum Gasteiger partial charge on any atom is 0.407 e. The Balaban J connectivity index is 1.49. The van der Waals surface area contributed by atoms with E-state index in [0.717, 1.165) is 45.9 Å². The van der Waals surface area contributed by atoms with Gasteiger partial charge in [0.1, 0.15) is 5.60 Å². The number of alkyl carbamates (subject to hydrolysis) is 1. The second-order valence-electron chi connectivity index (χ2n) is 11.9. The molecule has 3 N–H and O–H groups in total. The number of likely N-dealkylation sites (tertiary alicyclic amines) is 1. The molecule has 0 spiro atoms. The van der Waals surface area contributed by atoms with Crippen molar-refractivity contribution in [3.63, 3.8) is 0 Å². The maximum atomic E-state index is 13.7. The minimum absolute atomic E-state index is 0.0174. The average molecular weight is 626 g/mol. The Morgan fingerprint density at radius 3 is 2.56 bits per heavy atom. The quantitative estimate of drug-likeness (QED) is 0.278. The van der Waals surface area contributed by atoms with Gasteiger partial charge in [-0.3, -0.25) is 9.59 Å². The molecule has 2 atom stereocenters. The molecule has 1 saturated heterocycles. The van der Waals surface area contributed by atoms with Crippen LogP contribution in [0, 0.1) is 0 Å². The molecule has 0 radical (unpaired) electrons. The number of amides is 3. The number of benzene rings is 2. The molecule has 2 heterocycles. The van der Waals surface area contributed by atoms with Crippen molar-refractivity contribution in [3.8, 4) is 0 Å². The molecular weight excluding hydrogens is 584 g/mol. The average Bonchev–Trinajstić information content (AvgIpc) is 3.27. The number of aromatic nitrogens is 1. The Labute approximate surface area is 250 Å². The summed E-state index contributed by atoms with van der Waals surface area (Å²) >= 11 is 3.47. The number of rotatable bonds is 9. The number of para-hydroxylation sites is 1. The molecule has 4 rings (SSSR count). The summed E-state index contributed by atoms with van der Waals surface area (Å²) in [6.07, 6.45) is 2.77. The Kier molecular flexibility index (Phi) is 10.1. The fraction of sp³-hybridized carbons (Fsp3) is 0.469. The highest BCUT2D eigenvalue weighted by molar-refractivity contribution is 9.10. The van der Waals surface area contributed by atoms with Crippen LogP contribution >= 0.6 is 15.9 Å². The third-order valence-corrected chi connectivity index (χ3v) is 7.84. The fourth-order valence-electron chi connectivity index (χ4n) is 5.53. The van der Waals surface area contributed by atoms with Gasteiger partial charge in [-0.05, 0) is 75.8 Å². The first kappa shape index (κ1) is 30.6. The van der Waals surface area contributed by atoms with Gasteiger partial charge in [-0.15, -0.1) is 0 Å². The lowest BCUT2D eigenvalue weighted by Crippen LogP contribution is -2.45. The minimum Gasteiger partial charge on any atom is -0.444 e. The highest BCUT2D eigenvalue weighted by Crippen LogP contribution is 2.34. The first-order valence-corrected chi connectivity index (χ1v) is 15.1. The Morgan fingerprint density at radius 2 is 1.85 bits per heavy atom. The van der Waals surface area contributed by atoms with Crippen LogP contribution in [0.1, 0.15) is 69.7 Å². The largest absolute Gasteiger partial charge is 0.444 e. The highest BCUT2D eigenvalue weighted by Gasteiger charge is 2.30. The summed E-state index contributed by atoms with van der Waals surface area (Å²) < 4.78 is 6.48. The molecule has 1 unspecified atom stereocenters. The molecule has 41 heavy (non-hydrogen) atoms. The first-order valence-electron chi connectivity index (χ1n) is 14.3. The van der Waals surface area contributed by atoms with Crippen LogP contribution in [0.4, 0.5) is 4.79 Å². The number of hydrogen-bond acceptors (Lipinski definition) is 4. The van der Waals surface area contributed by atoms with Crippen LogP contribution in [0.5, 0.6) is 0 Å². The van der Waals surface area contributed by atoms with E-state index in [0.29, 0.717) is 26.1 Å². The smallest absolute Gasteiger partial charge is 0.407 e. The molecule has 1 fully saturated rings. The van der Waals surface area contributed by atoms with E-state index in [1.807, 2.05) is 62.1 Å². The minimum atomic E-state index is -0.631. The molecule has 8 nitrogen and oxygen atoms in total. The van der Waals surface area contributed by atoms with E-state index in [1.54, 1.807) is 0 Å². The van der Waals surface area contributed by atoms with Gasteiger partial charge in [0.05, 0.1) is 0 Å². The number of H-pyrrole nitrogens is 1. The summed E-state index contributed by atoms with van der Waals surface area (Å²) in [6, 6.07) is 15.7. The Hall–Kier alpha value is -3.33. The van der Waals surface area contributed by atoms with Crippen molar-refractivity contribution >= 4 is 44.7 Å². The van der Waals surface area contributed by atoms with Crippen LogP contribution in [0.3, 0.4) is 0 Å². The molecule has 0 bridgehead atoms. The van der Waals surface area contributed by atoms with Crippen LogP contribution in [0.2, 0.25) is 0 Å². The number of nitrogens with zero attached hydrogens (tertiary/aromatic N) is 1. The summed E-state index contributed by atoms with van der Waals surface area (Å²) in [5, 5.41) is 7.02. The van der Waals surface area contributed by atoms with Crippen LogP contribution < -0.4 is 10.6 Å². The normalized spacial score (nSPS) is 16.3. The second kappa shape index (κ2) is 13.6. The molecule has 3 aromatic rings. The molecule has 1 aliphatic heterocycles. The standard InChI is InChI=1S/C32H41BrN4O4/c1-21(38)34-16-15-27-26-9-5-6-10-28(26)36-30(27)23-8-7-17-37(20-23)29(39)19-25(35-31(40)41-32(2,3)4)18-22-11-13-24(33)14-12-22/h5-6,9-14,23,25,36H,7-8,15-20H2,1-4H3,(H,34,38)(H,35,40)/t23?,25-/m1/s1. The van der Waals surface area contributed by atoms with Gasteiger partial charge in [-0.2, -0.15) is 0 Å². The lowest BCUT2D eigenvalue weighted by atomic mass is 9.90. The number of aromatic amines is 1. The van der Waals surface area contributed by atoms with E-state index in [-0.39, 0.29) is 24.2 Å². The fourth-order valence-corrected chi connectivity index (χ4v) is 5.80. The lowest BCUT2D eigenvalue weighted by Gasteiger charge is -2.34. The van der Waals surface area contributed by atoms with Crippen molar-refractivity contribution in [1.29, 1.82) is 0 Å². The monoisotopic (exact) mass is 624 g/mol. The van der Waals surface area contributed by atoms with Crippen molar-refractivity contribution in [1.82, 2.24) is 20.5 Å². The van der Waals surface area contributed by atoms with Gasteiger partial charge >= 0.3 is 6.09 Å². The number of piperidine rings is 1. The van der Waals surface area contributed by atoms with Gasteiger partial charge in [0.2, 0.25) is 11.8 Å². The molecular formula is C32H41BrN4O4. The van der Waals surface area contributed by atoms with Crippen molar-refractivity contribution in [2.75, 3.05) is 19.6 Å². The summed E-state index contributed by atoms with van der Waals surface area (Å²) in [4.78, 5) is 43.4. The number of ether oxygens (including phenoxy) is 1. The van der Waals surface area contributed by atoms with Crippen LogP contribution in [0.15, 0.2) is 53.0 Å². The van der Waals surface area contributed by atoms with Gasteiger partial charge in [0.25, 0.3) is 0 Å². The van der Waals surface area contributed by atoms with Crippen LogP contribution in [-0.4, -0.2) is 59.1 Å². The molecule has 0 aliphatic carbocycles. The number of nitrogens with one attached hydrogen (secondary N) is 3. The second-order valence-corrected chi connectivity index (χ2v) is 12.8. The Bertz CT molecular complexity index is 1360. The van der Waals surface area contributed by atoms with Gasteiger partial charge in [0.15, 0.2) is 0 Å². The van der Waals surface area contributed by atoms with Gasteiger partial charge in [0, 0.05) is 66.0 Å². The van der Waals surface area contributed by atoms with Crippen LogP contribution in [-0.2, 0) is 27.2 Å². The summed E-state index contributed by atoms with van der Waals surface area (Å²) in [5.74, 6) is 0.137. The predicted molar refractivity (Wildman–Crippen MR) is 165 cm³/mol. The number of carbonyl (C=O) groups is 3. The topological polar surface area (TPSA) is 104 Å². The molecule has 1 aromatic heterocycles. The molecule has 220 valence electrons. The third kappa shape index (κ3) is 8.83. The predicted octanol–water partition coefficient (Wildman–Crippen LogP) is 5.84. The SMILES string of the molecule is CC(=O)NCCc1c(C2CCCN(C(=O)C[C@@H](Cc3ccc(Br)cc3)NC(=O)OC(C)(C)C)C2)[nH]c2ccccc12. The van der Waals surface area contributed by atoms with Gasteiger partial charge < -0.3 is 25.3 Å². The van der Waals surface area contributed by atoms with Crippen molar-refractivity contribution in [2.45, 2.75) is 77.4 Å². The van der Waals surface area contributed by atoms with Crippen molar-refractivity contribution < 1.29 is 19.1 Å². The molecule has 3 amide bonds. The Morgan fingerprint density at radius 1 is 1.12 bits per heavy atom. The zero-order chi connectivity index (χ0) is 29.6. The third-order valence-electron chi connectivity index (χ3n) is 7.32. The van der Waals surface area contributed by atoms with E-state index in [2.05, 4.69) is 43.7 Å². The molecule has 2 aromatic carbocycles. The number of carbonyl (C=O) groups excluding carboxylic acids is 3. The maximum absolute atomic E-state index is 13.7. The van der Waals surface area contributed by atoms with Gasteiger partial charge in [-0.25, -0.2) is 4.79 Å². The van der Waals surface area contributed by atoms with Crippen molar-refractivity contribution in [3.05, 3.63) is 69.8 Å². The van der Waals surface area contributed by atoms with E-state index < -0.39 is 17.7 Å². The molecule has 9 heteroatoms. The number of halogens is 1. The highest BCUT2D eigenvalue weighted by atomic mass is 79.9. The summed E-state index contributed by atoms with van der Waals surface area (Å²) in [5.41, 5.74) is 3.81. The van der Waals surface area contributed by atoms with E-state index in [4.69, 9.17) is 4.74 Å². The summed E-state index contributed by atoms with van der Waals surface area (Å²) in [6.45, 7) is 8.86. The molecule has 1 aliphatic rings. The lowest BCUT2D eigenvalue weighted by molar-refractivity contribution is -0.133. The zero-order valence-electron chi connectivity index (χ0n) is 24.4. The van der Waals surface area contributed by atoms with Crippen LogP contribution in [0.25, 0.3) is 10.9 Å². The van der Waals surface area contributed by atoms with Crippen molar-refractivity contribution in [2.24, 2.45) is 0 Å². The summed E-state index contributed by atoms with van der Waals surface area (Å²) in [7, 11) is 0. The first-order chi connectivity index (χ1) is 19.5. The zero-order valence-corrected chi connectivity index (χ0v) is 26.0. The number of hydrogen-bond donors (Lipinski definition) is 3. The van der Waals surface area contributed by atoms with Gasteiger partial charge in [-0.1, -0.05) is 46.3 Å². The van der Waals surface area contributed by atoms with E-state index >= 15 is 0 Å². The number of fused-ring (bicyclic) bond motifs is 1. The van der Waals surface area contributed by atoms with E-state index in [9.17, 15) is 14.4 Å². The molecule has 0 saturated carbocycles.